The Labute approximate surface area is 76.4 Å². The predicted octanol–water partition coefficient (Wildman–Crippen LogP) is 3.37. The minimum absolute atomic E-state index is 0.351. The van der Waals surface area contributed by atoms with Crippen LogP contribution >= 0.6 is 27.3 Å². The molecule has 0 radical (unpaired) electrons. The fraction of sp³-hybridized carbons (Fsp3) is 0. The number of phenolic OH excluding ortho intramolecular Hbond substituents is 1. The lowest BCUT2D eigenvalue weighted by atomic mass is 10.2. The van der Waals surface area contributed by atoms with Gasteiger partial charge in [0.1, 0.15) is 5.75 Å². The molecule has 3 heteroatoms. The van der Waals surface area contributed by atoms with Gasteiger partial charge in [0, 0.05) is 10.1 Å². The quantitative estimate of drug-likeness (QED) is 0.734. The lowest BCUT2D eigenvalue weighted by Crippen LogP contribution is -1.63. The van der Waals surface area contributed by atoms with Gasteiger partial charge in [0.2, 0.25) is 0 Å². The van der Waals surface area contributed by atoms with Crippen molar-refractivity contribution < 1.29 is 5.11 Å². The minimum atomic E-state index is 0.351. The summed E-state index contributed by atoms with van der Waals surface area (Å²) in [4.78, 5) is 0. The summed E-state index contributed by atoms with van der Waals surface area (Å²) < 4.78 is 2.16. The number of halogens is 1. The molecule has 0 fully saturated rings. The standard InChI is InChI=1S/C8H5BrOS/c9-8-4-5-6(10)2-1-3-7(5)11-8/h1-4,10H. The maximum absolute atomic E-state index is 9.37. The van der Waals surface area contributed by atoms with Crippen LogP contribution in [-0.2, 0) is 0 Å². The summed E-state index contributed by atoms with van der Waals surface area (Å²) in [7, 11) is 0. The van der Waals surface area contributed by atoms with E-state index in [2.05, 4.69) is 15.9 Å². The van der Waals surface area contributed by atoms with Crippen LogP contribution in [0.2, 0.25) is 0 Å². The zero-order valence-electron chi connectivity index (χ0n) is 5.54. The van der Waals surface area contributed by atoms with E-state index in [1.807, 2.05) is 18.2 Å². The van der Waals surface area contributed by atoms with Gasteiger partial charge in [0.25, 0.3) is 0 Å². The third kappa shape index (κ3) is 1.14. The van der Waals surface area contributed by atoms with Crippen LogP contribution in [0.25, 0.3) is 10.1 Å². The Balaban J connectivity index is 2.90. The van der Waals surface area contributed by atoms with Crippen LogP contribution in [0.1, 0.15) is 0 Å². The van der Waals surface area contributed by atoms with Crippen LogP contribution in [0.4, 0.5) is 0 Å². The SMILES string of the molecule is Oc1cccc2sc(Br)cc12. The van der Waals surface area contributed by atoms with Crippen molar-refractivity contribution in [1.29, 1.82) is 0 Å². The summed E-state index contributed by atoms with van der Waals surface area (Å²) in [5.74, 6) is 0.351. The maximum Gasteiger partial charge on any atom is 0.124 e. The van der Waals surface area contributed by atoms with Crippen molar-refractivity contribution in [3.63, 3.8) is 0 Å². The second kappa shape index (κ2) is 2.50. The molecule has 1 heterocycles. The molecule has 56 valence electrons. The molecule has 0 amide bonds. The average Bonchev–Trinajstić information content (AvgIpc) is 2.31. The molecule has 0 aliphatic rings. The molecule has 0 spiro atoms. The van der Waals surface area contributed by atoms with E-state index >= 15 is 0 Å². The third-order valence-electron chi connectivity index (χ3n) is 1.51. The van der Waals surface area contributed by atoms with Gasteiger partial charge in [0.05, 0.1) is 3.79 Å². The predicted molar refractivity (Wildman–Crippen MR) is 51.2 cm³/mol. The van der Waals surface area contributed by atoms with Gasteiger partial charge in [-0.15, -0.1) is 11.3 Å². The van der Waals surface area contributed by atoms with Gasteiger partial charge in [0.15, 0.2) is 0 Å². The first-order valence-electron chi connectivity index (χ1n) is 3.14. The molecule has 1 aromatic heterocycles. The first kappa shape index (κ1) is 7.13. The van der Waals surface area contributed by atoms with Crippen molar-refractivity contribution in [1.82, 2.24) is 0 Å². The van der Waals surface area contributed by atoms with Crippen molar-refractivity contribution in [2.75, 3.05) is 0 Å². The number of fused-ring (bicyclic) bond motifs is 1. The molecular weight excluding hydrogens is 224 g/mol. The largest absolute Gasteiger partial charge is 0.507 e. The number of hydrogen-bond donors (Lipinski definition) is 1. The second-order valence-corrected chi connectivity index (χ2v) is 4.70. The molecule has 2 aromatic rings. The number of benzene rings is 1. The van der Waals surface area contributed by atoms with Crippen LogP contribution in [0.15, 0.2) is 28.1 Å². The number of thiophene rings is 1. The van der Waals surface area contributed by atoms with Crippen LogP contribution in [0.5, 0.6) is 5.75 Å². The molecule has 0 atom stereocenters. The van der Waals surface area contributed by atoms with Gasteiger partial charge in [-0.1, -0.05) is 6.07 Å². The topological polar surface area (TPSA) is 20.2 Å². The van der Waals surface area contributed by atoms with Gasteiger partial charge >= 0.3 is 0 Å². The Morgan fingerprint density at radius 1 is 1.36 bits per heavy atom. The van der Waals surface area contributed by atoms with Gasteiger partial charge in [-0.3, -0.25) is 0 Å². The Morgan fingerprint density at radius 3 is 2.91 bits per heavy atom. The van der Waals surface area contributed by atoms with Crippen molar-refractivity contribution in [3.8, 4) is 5.75 Å². The summed E-state index contributed by atoms with van der Waals surface area (Å²) in [5.41, 5.74) is 0. The zero-order valence-corrected chi connectivity index (χ0v) is 7.95. The van der Waals surface area contributed by atoms with Crippen molar-refractivity contribution >= 4 is 37.4 Å². The normalized spacial score (nSPS) is 10.6. The summed E-state index contributed by atoms with van der Waals surface area (Å²) in [6, 6.07) is 7.46. The van der Waals surface area contributed by atoms with Gasteiger partial charge in [-0.05, 0) is 34.1 Å². The van der Waals surface area contributed by atoms with E-state index in [0.29, 0.717) is 5.75 Å². The fourth-order valence-electron chi connectivity index (χ4n) is 1.01. The smallest absolute Gasteiger partial charge is 0.124 e. The van der Waals surface area contributed by atoms with Gasteiger partial charge in [-0.2, -0.15) is 0 Å². The number of hydrogen-bond acceptors (Lipinski definition) is 2. The van der Waals surface area contributed by atoms with E-state index in [1.54, 1.807) is 17.4 Å². The maximum atomic E-state index is 9.37. The van der Waals surface area contributed by atoms with E-state index in [-0.39, 0.29) is 0 Å². The third-order valence-corrected chi connectivity index (χ3v) is 3.11. The van der Waals surface area contributed by atoms with E-state index in [0.717, 1.165) is 13.9 Å². The molecule has 0 saturated carbocycles. The Kier molecular flexibility index (Phi) is 1.62. The van der Waals surface area contributed by atoms with E-state index in [1.165, 1.54) is 0 Å². The van der Waals surface area contributed by atoms with E-state index in [4.69, 9.17) is 0 Å². The molecule has 1 nitrogen and oxygen atoms in total. The van der Waals surface area contributed by atoms with Crippen LogP contribution in [0, 0.1) is 0 Å². The average molecular weight is 229 g/mol. The van der Waals surface area contributed by atoms with Crippen molar-refractivity contribution in [2.45, 2.75) is 0 Å². The molecule has 0 unspecified atom stereocenters. The van der Waals surface area contributed by atoms with Crippen LogP contribution in [-0.4, -0.2) is 5.11 Å². The molecule has 0 aliphatic heterocycles. The van der Waals surface area contributed by atoms with Crippen LogP contribution < -0.4 is 0 Å². The van der Waals surface area contributed by atoms with Crippen molar-refractivity contribution in [3.05, 3.63) is 28.1 Å². The van der Waals surface area contributed by atoms with Gasteiger partial charge in [-0.25, -0.2) is 0 Å². The highest BCUT2D eigenvalue weighted by molar-refractivity contribution is 9.11. The minimum Gasteiger partial charge on any atom is -0.507 e. The lowest BCUT2D eigenvalue weighted by molar-refractivity contribution is 0.482. The number of aromatic hydroxyl groups is 1. The molecule has 1 N–H and O–H groups in total. The zero-order chi connectivity index (χ0) is 7.84. The van der Waals surface area contributed by atoms with E-state index in [9.17, 15) is 5.11 Å². The monoisotopic (exact) mass is 228 g/mol. The van der Waals surface area contributed by atoms with Crippen molar-refractivity contribution in [2.24, 2.45) is 0 Å². The highest BCUT2D eigenvalue weighted by Gasteiger charge is 2.01. The molecule has 2 rings (SSSR count). The molecular formula is C8H5BrOS. The Bertz CT molecular complexity index is 394. The molecule has 1 aromatic carbocycles. The Morgan fingerprint density at radius 2 is 2.18 bits per heavy atom. The lowest BCUT2D eigenvalue weighted by Gasteiger charge is -1.90. The van der Waals surface area contributed by atoms with E-state index < -0.39 is 0 Å². The fourth-order valence-corrected chi connectivity index (χ4v) is 2.57. The first-order valence-corrected chi connectivity index (χ1v) is 4.75. The highest BCUT2D eigenvalue weighted by Crippen LogP contribution is 2.34. The molecule has 0 aliphatic carbocycles. The molecule has 0 bridgehead atoms. The van der Waals surface area contributed by atoms with Gasteiger partial charge < -0.3 is 5.11 Å². The summed E-state index contributed by atoms with van der Waals surface area (Å²) in [6.07, 6.45) is 0. The second-order valence-electron chi connectivity index (χ2n) is 2.24. The van der Waals surface area contributed by atoms with Crippen LogP contribution in [0.3, 0.4) is 0 Å². The molecule has 11 heavy (non-hydrogen) atoms. The number of phenols is 1. The Hall–Kier alpha value is -0.540. The summed E-state index contributed by atoms with van der Waals surface area (Å²) in [6.45, 7) is 0. The summed E-state index contributed by atoms with van der Waals surface area (Å²) in [5, 5.41) is 10.3. The highest BCUT2D eigenvalue weighted by atomic mass is 79.9. The summed E-state index contributed by atoms with van der Waals surface area (Å²) >= 11 is 4.99. The first-order chi connectivity index (χ1) is 5.27. The molecule has 0 saturated heterocycles. The number of rotatable bonds is 0.